The lowest BCUT2D eigenvalue weighted by molar-refractivity contribution is -0.181. The fourth-order valence-corrected chi connectivity index (χ4v) is 3.57. The SMILES string of the molecule is O=C(c1cnc(NCc2ccccc2Cl)nc1)N1CCC2(CC1)OCCO2. The van der Waals surface area contributed by atoms with Crippen LogP contribution in [0.5, 0.6) is 0 Å². The van der Waals surface area contributed by atoms with Crippen molar-refractivity contribution in [1.29, 1.82) is 0 Å². The minimum Gasteiger partial charge on any atom is -0.350 e. The van der Waals surface area contributed by atoms with Gasteiger partial charge < -0.3 is 19.7 Å². The number of carbonyl (C=O) groups is 1. The Morgan fingerprint density at radius 1 is 1.15 bits per heavy atom. The number of carbonyl (C=O) groups excluding carboxylic acids is 1. The normalized spacial score (nSPS) is 18.6. The van der Waals surface area contributed by atoms with Crippen molar-refractivity contribution in [2.45, 2.75) is 25.2 Å². The van der Waals surface area contributed by atoms with Crippen LogP contribution in [0.2, 0.25) is 5.02 Å². The van der Waals surface area contributed by atoms with Crippen molar-refractivity contribution in [2.75, 3.05) is 31.6 Å². The summed E-state index contributed by atoms with van der Waals surface area (Å²) in [5.41, 5.74) is 1.43. The number of hydrogen-bond acceptors (Lipinski definition) is 6. The molecule has 2 fully saturated rings. The van der Waals surface area contributed by atoms with Crippen molar-refractivity contribution < 1.29 is 14.3 Å². The molecule has 1 N–H and O–H groups in total. The van der Waals surface area contributed by atoms with Crippen LogP contribution in [0.1, 0.15) is 28.8 Å². The monoisotopic (exact) mass is 388 g/mol. The Balaban J connectivity index is 1.33. The summed E-state index contributed by atoms with van der Waals surface area (Å²) in [6, 6.07) is 7.59. The number of rotatable bonds is 4. The van der Waals surface area contributed by atoms with Gasteiger partial charge in [0.15, 0.2) is 5.79 Å². The smallest absolute Gasteiger partial charge is 0.256 e. The zero-order valence-corrected chi connectivity index (χ0v) is 15.6. The maximum Gasteiger partial charge on any atom is 0.256 e. The number of ether oxygens (including phenoxy) is 2. The van der Waals surface area contributed by atoms with Crippen molar-refractivity contribution in [3.05, 3.63) is 52.8 Å². The molecule has 2 aromatic rings. The van der Waals surface area contributed by atoms with Crippen molar-refractivity contribution in [3.63, 3.8) is 0 Å². The topological polar surface area (TPSA) is 76.6 Å². The Morgan fingerprint density at radius 3 is 2.48 bits per heavy atom. The maximum absolute atomic E-state index is 12.7. The Kier molecular flexibility index (Phi) is 5.24. The molecule has 8 heteroatoms. The van der Waals surface area contributed by atoms with Crippen LogP contribution in [-0.4, -0.2) is 52.9 Å². The predicted molar refractivity (Wildman–Crippen MR) is 101 cm³/mol. The summed E-state index contributed by atoms with van der Waals surface area (Å²) in [5, 5.41) is 3.81. The van der Waals surface area contributed by atoms with Gasteiger partial charge in [-0.1, -0.05) is 29.8 Å². The fraction of sp³-hybridized carbons (Fsp3) is 0.421. The molecule has 0 aliphatic carbocycles. The molecular formula is C19H21ClN4O3. The Bertz CT molecular complexity index is 799. The molecule has 142 valence electrons. The predicted octanol–water partition coefficient (Wildman–Crippen LogP) is 2.72. The lowest BCUT2D eigenvalue weighted by Crippen LogP contribution is -2.47. The molecule has 1 amide bonds. The number of halogens is 1. The van der Waals surface area contributed by atoms with Crippen LogP contribution in [0.4, 0.5) is 5.95 Å². The molecule has 1 aromatic heterocycles. The summed E-state index contributed by atoms with van der Waals surface area (Å²) in [4.78, 5) is 23.0. The number of hydrogen-bond donors (Lipinski definition) is 1. The summed E-state index contributed by atoms with van der Waals surface area (Å²) >= 11 is 6.14. The average Bonchev–Trinajstić information content (AvgIpc) is 3.16. The van der Waals surface area contributed by atoms with E-state index in [0.717, 1.165) is 5.56 Å². The molecule has 0 atom stereocenters. The van der Waals surface area contributed by atoms with E-state index in [9.17, 15) is 4.79 Å². The highest BCUT2D eigenvalue weighted by molar-refractivity contribution is 6.31. The quantitative estimate of drug-likeness (QED) is 0.867. The van der Waals surface area contributed by atoms with Crippen LogP contribution >= 0.6 is 11.6 Å². The van der Waals surface area contributed by atoms with Gasteiger partial charge in [0.05, 0.1) is 18.8 Å². The number of amides is 1. The Morgan fingerprint density at radius 2 is 1.81 bits per heavy atom. The van der Waals surface area contributed by atoms with Crippen LogP contribution in [0, 0.1) is 0 Å². The van der Waals surface area contributed by atoms with E-state index < -0.39 is 5.79 Å². The molecule has 1 aromatic carbocycles. The van der Waals surface area contributed by atoms with Gasteiger partial charge in [-0.05, 0) is 11.6 Å². The summed E-state index contributed by atoms with van der Waals surface area (Å²) in [5.74, 6) is -0.0999. The molecule has 0 saturated carbocycles. The molecule has 27 heavy (non-hydrogen) atoms. The second kappa shape index (κ2) is 7.80. The number of benzene rings is 1. The number of piperidine rings is 1. The number of nitrogens with one attached hydrogen (secondary N) is 1. The molecule has 4 rings (SSSR count). The first-order valence-electron chi connectivity index (χ1n) is 9.02. The first-order chi connectivity index (χ1) is 13.2. The van der Waals surface area contributed by atoms with E-state index in [1.807, 2.05) is 24.3 Å². The van der Waals surface area contributed by atoms with Crippen molar-refractivity contribution in [1.82, 2.24) is 14.9 Å². The molecule has 2 aliphatic rings. The van der Waals surface area contributed by atoms with E-state index in [4.69, 9.17) is 21.1 Å². The van der Waals surface area contributed by atoms with E-state index in [-0.39, 0.29) is 5.91 Å². The van der Waals surface area contributed by atoms with Crippen LogP contribution in [-0.2, 0) is 16.0 Å². The molecule has 0 unspecified atom stereocenters. The number of aromatic nitrogens is 2. The molecule has 2 saturated heterocycles. The van der Waals surface area contributed by atoms with E-state index in [1.165, 1.54) is 0 Å². The third-order valence-corrected chi connectivity index (χ3v) is 5.29. The van der Waals surface area contributed by atoms with Gasteiger partial charge >= 0.3 is 0 Å². The highest BCUT2D eigenvalue weighted by atomic mass is 35.5. The summed E-state index contributed by atoms with van der Waals surface area (Å²) in [6.45, 7) is 2.98. The van der Waals surface area contributed by atoms with Gasteiger partial charge in [-0.3, -0.25) is 4.79 Å². The molecule has 2 aliphatic heterocycles. The molecule has 7 nitrogen and oxygen atoms in total. The molecular weight excluding hydrogens is 368 g/mol. The zero-order chi connectivity index (χ0) is 18.7. The van der Waals surface area contributed by atoms with Crippen LogP contribution in [0.3, 0.4) is 0 Å². The average molecular weight is 389 g/mol. The van der Waals surface area contributed by atoms with Gasteiger partial charge in [0.1, 0.15) is 0 Å². The van der Waals surface area contributed by atoms with Crippen molar-refractivity contribution >= 4 is 23.5 Å². The second-order valence-electron chi connectivity index (χ2n) is 6.64. The molecule has 0 bridgehead atoms. The van der Waals surface area contributed by atoms with Gasteiger partial charge in [0.25, 0.3) is 5.91 Å². The third-order valence-electron chi connectivity index (χ3n) is 4.92. The van der Waals surface area contributed by atoms with E-state index >= 15 is 0 Å². The first-order valence-corrected chi connectivity index (χ1v) is 9.40. The summed E-state index contributed by atoms with van der Waals surface area (Å²) in [6.07, 6.45) is 4.49. The first kappa shape index (κ1) is 18.2. The molecule has 1 spiro atoms. The van der Waals surface area contributed by atoms with E-state index in [1.54, 1.807) is 17.3 Å². The highest BCUT2D eigenvalue weighted by Gasteiger charge is 2.40. The lowest BCUT2D eigenvalue weighted by Gasteiger charge is -2.37. The highest BCUT2D eigenvalue weighted by Crippen LogP contribution is 2.31. The van der Waals surface area contributed by atoms with Gasteiger partial charge in [0.2, 0.25) is 5.95 Å². The molecule has 0 radical (unpaired) electrons. The van der Waals surface area contributed by atoms with E-state index in [2.05, 4.69) is 15.3 Å². The summed E-state index contributed by atoms with van der Waals surface area (Å²) < 4.78 is 11.4. The zero-order valence-electron chi connectivity index (χ0n) is 14.9. The van der Waals surface area contributed by atoms with Gasteiger partial charge in [-0.25, -0.2) is 9.97 Å². The summed E-state index contributed by atoms with van der Waals surface area (Å²) in [7, 11) is 0. The number of anilines is 1. The number of nitrogens with zero attached hydrogens (tertiary/aromatic N) is 3. The van der Waals surface area contributed by atoms with Crippen LogP contribution in [0.15, 0.2) is 36.7 Å². The Labute approximate surface area is 162 Å². The fourth-order valence-electron chi connectivity index (χ4n) is 3.36. The third kappa shape index (κ3) is 4.05. The minimum absolute atomic E-state index is 0.0690. The largest absolute Gasteiger partial charge is 0.350 e. The number of likely N-dealkylation sites (tertiary alicyclic amines) is 1. The standard InChI is InChI=1S/C19H21ClN4O3/c20-16-4-2-1-3-14(16)11-21-18-22-12-15(13-23-18)17(25)24-7-5-19(6-8-24)26-9-10-27-19/h1-4,12-13H,5-11H2,(H,21,22,23). The second-order valence-corrected chi connectivity index (χ2v) is 7.05. The Hall–Kier alpha value is -2.22. The molecule has 3 heterocycles. The van der Waals surface area contributed by atoms with Crippen LogP contribution in [0.25, 0.3) is 0 Å². The van der Waals surface area contributed by atoms with Gasteiger partial charge in [-0.2, -0.15) is 0 Å². The van der Waals surface area contributed by atoms with Gasteiger partial charge in [-0.15, -0.1) is 0 Å². The van der Waals surface area contributed by atoms with E-state index in [0.29, 0.717) is 62.2 Å². The van der Waals surface area contributed by atoms with Gasteiger partial charge in [0, 0.05) is 49.9 Å². The van der Waals surface area contributed by atoms with Crippen molar-refractivity contribution in [3.8, 4) is 0 Å². The van der Waals surface area contributed by atoms with Crippen molar-refractivity contribution in [2.24, 2.45) is 0 Å². The lowest BCUT2D eigenvalue weighted by atomic mass is 10.0. The minimum atomic E-state index is -0.486. The maximum atomic E-state index is 12.7. The van der Waals surface area contributed by atoms with Crippen LogP contribution < -0.4 is 5.32 Å².